The van der Waals surface area contributed by atoms with E-state index in [1.165, 1.54) is 25.7 Å². The summed E-state index contributed by atoms with van der Waals surface area (Å²) in [5, 5.41) is 9.86. The fourth-order valence-corrected chi connectivity index (χ4v) is 2.12. The Balaban J connectivity index is 1.87. The van der Waals surface area contributed by atoms with Crippen LogP contribution < -0.4 is 0 Å². The molecule has 1 heterocycles. The minimum atomic E-state index is -0.200. The number of aliphatic hydroxyl groups is 1. The molecule has 1 aliphatic carbocycles. The molecule has 13 heavy (non-hydrogen) atoms. The molecule has 1 aromatic heterocycles. The highest BCUT2D eigenvalue weighted by Gasteiger charge is 2.23. The normalized spacial score (nSPS) is 20.7. The lowest BCUT2D eigenvalue weighted by Gasteiger charge is -2.15. The fourth-order valence-electron chi connectivity index (χ4n) is 2.12. The van der Waals surface area contributed by atoms with Crippen molar-refractivity contribution < 1.29 is 5.11 Å². The van der Waals surface area contributed by atoms with Crippen LogP contribution in [-0.4, -0.2) is 21.2 Å². The maximum atomic E-state index is 9.86. The van der Waals surface area contributed by atoms with Crippen LogP contribution in [0.25, 0.3) is 0 Å². The van der Waals surface area contributed by atoms with Crippen molar-refractivity contribution in [3.05, 3.63) is 18.2 Å². The number of hydrogen-bond acceptors (Lipinski definition) is 2. The molecule has 1 atom stereocenters. The molecule has 1 fully saturated rings. The summed E-state index contributed by atoms with van der Waals surface area (Å²) in [6.45, 7) is 0. The topological polar surface area (TPSA) is 48.9 Å². The van der Waals surface area contributed by atoms with Gasteiger partial charge in [0, 0.05) is 18.8 Å². The lowest BCUT2D eigenvalue weighted by atomic mass is 9.98. The van der Waals surface area contributed by atoms with E-state index in [1.807, 2.05) is 0 Å². The van der Waals surface area contributed by atoms with E-state index in [0.29, 0.717) is 12.3 Å². The van der Waals surface area contributed by atoms with Gasteiger partial charge in [0.1, 0.15) is 5.82 Å². The van der Waals surface area contributed by atoms with Crippen LogP contribution in [0.3, 0.4) is 0 Å². The zero-order chi connectivity index (χ0) is 9.10. The average Bonchev–Trinajstić information content (AvgIpc) is 2.74. The summed E-state index contributed by atoms with van der Waals surface area (Å²) in [6, 6.07) is 0. The molecule has 2 rings (SSSR count). The van der Waals surface area contributed by atoms with Gasteiger partial charge in [0.25, 0.3) is 0 Å². The molecule has 1 aliphatic rings. The van der Waals surface area contributed by atoms with Crippen LogP contribution in [0.5, 0.6) is 0 Å². The summed E-state index contributed by atoms with van der Waals surface area (Å²) in [7, 11) is 0. The van der Waals surface area contributed by atoms with Gasteiger partial charge in [-0.2, -0.15) is 0 Å². The number of rotatable bonds is 3. The van der Waals surface area contributed by atoms with Crippen molar-refractivity contribution in [2.75, 3.05) is 0 Å². The number of imidazole rings is 1. The first-order valence-corrected chi connectivity index (χ1v) is 5.02. The molecular formula is C10H16N2O. The second-order valence-corrected chi connectivity index (χ2v) is 3.85. The maximum absolute atomic E-state index is 9.86. The monoisotopic (exact) mass is 180 g/mol. The Hall–Kier alpha value is -0.830. The van der Waals surface area contributed by atoms with Gasteiger partial charge in [-0.3, -0.25) is 0 Å². The van der Waals surface area contributed by atoms with Crippen molar-refractivity contribution in [1.29, 1.82) is 0 Å². The third-order valence-corrected chi connectivity index (χ3v) is 2.90. The molecule has 0 amide bonds. The van der Waals surface area contributed by atoms with E-state index in [4.69, 9.17) is 0 Å². The first-order chi connectivity index (χ1) is 6.36. The summed E-state index contributed by atoms with van der Waals surface area (Å²) in [5.74, 6) is 1.41. The molecule has 2 N–H and O–H groups in total. The maximum Gasteiger partial charge on any atom is 0.108 e. The van der Waals surface area contributed by atoms with Crippen LogP contribution in [0.2, 0.25) is 0 Å². The molecule has 3 nitrogen and oxygen atoms in total. The van der Waals surface area contributed by atoms with Gasteiger partial charge in [-0.25, -0.2) is 4.98 Å². The Labute approximate surface area is 78.2 Å². The van der Waals surface area contributed by atoms with Gasteiger partial charge in [-0.1, -0.05) is 12.8 Å². The molecule has 0 aliphatic heterocycles. The standard InChI is InChI=1S/C10H16N2O/c13-9(8-3-1-2-4-8)7-10-11-5-6-12-10/h5-6,8-9,13H,1-4,7H2,(H,11,12). The second-order valence-electron chi connectivity index (χ2n) is 3.85. The van der Waals surface area contributed by atoms with E-state index >= 15 is 0 Å². The van der Waals surface area contributed by atoms with Crippen molar-refractivity contribution in [1.82, 2.24) is 9.97 Å². The van der Waals surface area contributed by atoms with Crippen LogP contribution in [-0.2, 0) is 6.42 Å². The summed E-state index contributed by atoms with van der Waals surface area (Å²) in [4.78, 5) is 7.13. The average molecular weight is 180 g/mol. The molecule has 0 aromatic carbocycles. The number of nitrogens with one attached hydrogen (secondary N) is 1. The Morgan fingerprint density at radius 3 is 2.92 bits per heavy atom. The van der Waals surface area contributed by atoms with Crippen LogP contribution in [0.15, 0.2) is 12.4 Å². The molecule has 0 radical (unpaired) electrons. The number of aromatic nitrogens is 2. The number of H-pyrrole nitrogens is 1. The fraction of sp³-hybridized carbons (Fsp3) is 0.700. The van der Waals surface area contributed by atoms with Gasteiger partial charge in [0.2, 0.25) is 0 Å². The zero-order valence-electron chi connectivity index (χ0n) is 7.74. The van der Waals surface area contributed by atoms with E-state index in [2.05, 4.69) is 9.97 Å². The van der Waals surface area contributed by atoms with Crippen molar-refractivity contribution in [3.8, 4) is 0 Å². The molecule has 0 spiro atoms. The second kappa shape index (κ2) is 3.92. The lowest BCUT2D eigenvalue weighted by Crippen LogP contribution is -2.20. The summed E-state index contributed by atoms with van der Waals surface area (Å²) in [5.41, 5.74) is 0. The minimum Gasteiger partial charge on any atom is -0.392 e. The smallest absolute Gasteiger partial charge is 0.108 e. The molecule has 1 unspecified atom stereocenters. The van der Waals surface area contributed by atoms with Crippen LogP contribution >= 0.6 is 0 Å². The number of nitrogens with zero attached hydrogens (tertiary/aromatic N) is 1. The largest absolute Gasteiger partial charge is 0.392 e. The Bertz CT molecular complexity index is 239. The van der Waals surface area contributed by atoms with E-state index in [0.717, 1.165) is 5.82 Å². The van der Waals surface area contributed by atoms with Gasteiger partial charge >= 0.3 is 0 Å². The van der Waals surface area contributed by atoms with Gasteiger partial charge in [-0.15, -0.1) is 0 Å². The number of hydrogen-bond donors (Lipinski definition) is 2. The molecule has 1 saturated carbocycles. The predicted octanol–water partition coefficient (Wildman–Crippen LogP) is 1.50. The summed E-state index contributed by atoms with van der Waals surface area (Å²) >= 11 is 0. The van der Waals surface area contributed by atoms with Crippen LogP contribution in [0.4, 0.5) is 0 Å². The third-order valence-electron chi connectivity index (χ3n) is 2.90. The van der Waals surface area contributed by atoms with E-state index in [-0.39, 0.29) is 6.10 Å². The van der Waals surface area contributed by atoms with Crippen molar-refractivity contribution in [2.24, 2.45) is 5.92 Å². The third kappa shape index (κ3) is 2.10. The van der Waals surface area contributed by atoms with Gasteiger partial charge in [-0.05, 0) is 18.8 Å². The van der Waals surface area contributed by atoms with Crippen LogP contribution in [0, 0.1) is 5.92 Å². The first kappa shape index (κ1) is 8.75. The molecule has 3 heteroatoms. The highest BCUT2D eigenvalue weighted by molar-refractivity contribution is 4.91. The highest BCUT2D eigenvalue weighted by atomic mass is 16.3. The van der Waals surface area contributed by atoms with Crippen LogP contribution in [0.1, 0.15) is 31.5 Å². The quantitative estimate of drug-likeness (QED) is 0.740. The van der Waals surface area contributed by atoms with Crippen molar-refractivity contribution >= 4 is 0 Å². The molecule has 0 bridgehead atoms. The zero-order valence-corrected chi connectivity index (χ0v) is 7.74. The molecule has 72 valence electrons. The lowest BCUT2D eigenvalue weighted by molar-refractivity contribution is 0.109. The Morgan fingerprint density at radius 2 is 2.31 bits per heavy atom. The SMILES string of the molecule is OC(Cc1ncc[nH]1)C1CCCC1. The number of aliphatic hydroxyl groups excluding tert-OH is 1. The molecule has 1 aromatic rings. The number of aromatic amines is 1. The highest BCUT2D eigenvalue weighted by Crippen LogP contribution is 2.28. The van der Waals surface area contributed by atoms with E-state index in [9.17, 15) is 5.11 Å². The first-order valence-electron chi connectivity index (χ1n) is 5.02. The summed E-state index contributed by atoms with van der Waals surface area (Å²) < 4.78 is 0. The van der Waals surface area contributed by atoms with Gasteiger partial charge < -0.3 is 10.1 Å². The van der Waals surface area contributed by atoms with Crippen molar-refractivity contribution in [3.63, 3.8) is 0 Å². The van der Waals surface area contributed by atoms with Gasteiger partial charge in [0.05, 0.1) is 6.10 Å². The summed E-state index contributed by atoms with van der Waals surface area (Å²) in [6.07, 6.45) is 8.93. The van der Waals surface area contributed by atoms with Gasteiger partial charge in [0.15, 0.2) is 0 Å². The predicted molar refractivity (Wildman–Crippen MR) is 50.3 cm³/mol. The van der Waals surface area contributed by atoms with E-state index in [1.54, 1.807) is 12.4 Å². The molecular weight excluding hydrogens is 164 g/mol. The Morgan fingerprint density at radius 1 is 1.54 bits per heavy atom. The Kier molecular flexibility index (Phi) is 2.64. The van der Waals surface area contributed by atoms with E-state index < -0.39 is 0 Å². The van der Waals surface area contributed by atoms with Crippen molar-refractivity contribution in [2.45, 2.75) is 38.2 Å². The minimum absolute atomic E-state index is 0.200. The molecule has 0 saturated heterocycles.